The maximum Gasteiger partial charge on any atom is 0.332 e. The fourth-order valence-corrected chi connectivity index (χ4v) is 4.69. The van der Waals surface area contributed by atoms with Crippen LogP contribution >= 0.6 is 11.6 Å². The van der Waals surface area contributed by atoms with E-state index in [9.17, 15) is 14.0 Å². The highest BCUT2D eigenvalue weighted by Crippen LogP contribution is 2.33. The molecule has 2 aromatic carbocycles. The molecule has 4 aromatic rings. The van der Waals surface area contributed by atoms with Crippen molar-refractivity contribution in [2.24, 2.45) is 13.0 Å². The monoisotopic (exact) mass is 483 g/mol. The second-order valence-corrected chi connectivity index (χ2v) is 8.95. The molecule has 176 valence electrons. The molecule has 0 unspecified atom stereocenters. The van der Waals surface area contributed by atoms with Gasteiger partial charge in [-0.3, -0.25) is 13.9 Å². The van der Waals surface area contributed by atoms with Crippen LogP contribution in [0.4, 0.5) is 16.0 Å². The number of anilines is 2. The predicted molar refractivity (Wildman–Crippen MR) is 129 cm³/mol. The van der Waals surface area contributed by atoms with E-state index in [1.807, 2.05) is 33.7 Å². The van der Waals surface area contributed by atoms with Crippen molar-refractivity contribution < 1.29 is 9.13 Å². The number of nitrogens with zero attached hydrogens (tertiary/aromatic N) is 5. The smallest absolute Gasteiger partial charge is 0.332 e. The highest BCUT2D eigenvalue weighted by atomic mass is 35.5. The first kappa shape index (κ1) is 22.2. The molecular weight excluding hydrogens is 461 g/mol. The Bertz CT molecular complexity index is 1500. The molecule has 1 atom stereocenters. The summed E-state index contributed by atoms with van der Waals surface area (Å²) in [5.41, 5.74) is 0.459. The molecule has 1 aliphatic heterocycles. The summed E-state index contributed by atoms with van der Waals surface area (Å²) in [6, 6.07) is 11.8. The molecule has 1 aliphatic rings. The number of ether oxygens (including phenoxy) is 1. The normalized spacial score (nSPS) is 15.6. The van der Waals surface area contributed by atoms with Gasteiger partial charge in [-0.25, -0.2) is 9.18 Å². The van der Waals surface area contributed by atoms with E-state index in [2.05, 4.69) is 6.92 Å². The molecular formula is C24H23ClFN5O3. The Kier molecular flexibility index (Phi) is 5.44. The summed E-state index contributed by atoms with van der Waals surface area (Å²) in [6.45, 7) is 3.07. The van der Waals surface area contributed by atoms with Crippen molar-refractivity contribution in [2.75, 3.05) is 18.6 Å². The van der Waals surface area contributed by atoms with Crippen LogP contribution in [0.15, 0.2) is 52.1 Å². The maximum atomic E-state index is 14.4. The lowest BCUT2D eigenvalue weighted by Crippen LogP contribution is -2.40. The lowest BCUT2D eigenvalue weighted by atomic mass is 10.1. The van der Waals surface area contributed by atoms with Gasteiger partial charge in [-0.1, -0.05) is 24.6 Å². The van der Waals surface area contributed by atoms with Crippen LogP contribution in [-0.2, 0) is 20.1 Å². The topological polar surface area (TPSA) is 74.3 Å². The SMILES string of the molecule is COc1ccc(N2C[C@@H](C)Cn3c2nc2c3c(=O)n(Cc3c(F)cccc3Cl)c(=O)n2C)cc1. The number of hydrogen-bond acceptors (Lipinski definition) is 5. The first-order valence-electron chi connectivity index (χ1n) is 10.8. The van der Waals surface area contributed by atoms with Crippen molar-refractivity contribution in [1.29, 1.82) is 0 Å². The zero-order valence-electron chi connectivity index (χ0n) is 19.0. The van der Waals surface area contributed by atoms with E-state index < -0.39 is 17.1 Å². The summed E-state index contributed by atoms with van der Waals surface area (Å²) < 4.78 is 23.9. The Morgan fingerprint density at radius 1 is 1.15 bits per heavy atom. The van der Waals surface area contributed by atoms with Gasteiger partial charge in [0.25, 0.3) is 5.56 Å². The summed E-state index contributed by atoms with van der Waals surface area (Å²) in [4.78, 5) is 33.4. The summed E-state index contributed by atoms with van der Waals surface area (Å²) in [7, 11) is 3.17. The van der Waals surface area contributed by atoms with E-state index >= 15 is 0 Å². The van der Waals surface area contributed by atoms with Gasteiger partial charge in [0.05, 0.1) is 13.7 Å². The molecule has 0 fully saturated rings. The Labute approximate surface area is 199 Å². The van der Waals surface area contributed by atoms with E-state index in [0.717, 1.165) is 16.0 Å². The lowest BCUT2D eigenvalue weighted by Gasteiger charge is -2.33. The van der Waals surface area contributed by atoms with Crippen molar-refractivity contribution in [1.82, 2.24) is 18.7 Å². The highest BCUT2D eigenvalue weighted by molar-refractivity contribution is 6.31. The van der Waals surface area contributed by atoms with Crippen molar-refractivity contribution in [3.05, 3.63) is 79.7 Å². The molecule has 2 aromatic heterocycles. The third-order valence-electron chi connectivity index (χ3n) is 6.20. The number of rotatable bonds is 4. The Hall–Kier alpha value is -3.59. The first-order valence-corrected chi connectivity index (χ1v) is 11.2. The molecule has 8 nitrogen and oxygen atoms in total. The second-order valence-electron chi connectivity index (χ2n) is 8.54. The fourth-order valence-electron chi connectivity index (χ4n) is 4.47. The fraction of sp³-hybridized carbons (Fsp3) is 0.292. The van der Waals surface area contributed by atoms with Gasteiger partial charge in [-0.2, -0.15) is 4.98 Å². The number of aryl methyl sites for hydroxylation is 1. The van der Waals surface area contributed by atoms with Gasteiger partial charge >= 0.3 is 5.69 Å². The van der Waals surface area contributed by atoms with Gasteiger partial charge in [0.15, 0.2) is 11.2 Å². The number of methoxy groups -OCH3 is 1. The van der Waals surface area contributed by atoms with Crippen LogP contribution in [0.1, 0.15) is 12.5 Å². The van der Waals surface area contributed by atoms with Crippen LogP contribution in [0, 0.1) is 11.7 Å². The number of halogens is 2. The third-order valence-corrected chi connectivity index (χ3v) is 6.56. The van der Waals surface area contributed by atoms with E-state index in [4.69, 9.17) is 21.3 Å². The largest absolute Gasteiger partial charge is 0.497 e. The van der Waals surface area contributed by atoms with Crippen LogP contribution in [0.3, 0.4) is 0 Å². The molecule has 0 aliphatic carbocycles. The predicted octanol–water partition coefficient (Wildman–Crippen LogP) is 3.53. The standard InChI is InChI=1S/C24H23ClFN5O3/c1-14-11-29(15-7-9-16(34-3)10-8-15)23-27-21-20(30(23)12-14)22(32)31(24(33)28(21)2)13-17-18(25)5-4-6-19(17)26/h4-10,14H,11-13H2,1-3H3/t14-/m1/s1. The molecule has 5 rings (SSSR count). The Balaban J connectivity index is 1.71. The summed E-state index contributed by atoms with van der Waals surface area (Å²) >= 11 is 6.17. The minimum Gasteiger partial charge on any atom is -0.497 e. The van der Waals surface area contributed by atoms with Crippen LogP contribution < -0.4 is 20.9 Å². The number of fused-ring (bicyclic) bond motifs is 3. The minimum atomic E-state index is -0.587. The van der Waals surface area contributed by atoms with E-state index in [1.54, 1.807) is 14.2 Å². The molecule has 34 heavy (non-hydrogen) atoms. The van der Waals surface area contributed by atoms with Crippen molar-refractivity contribution in [2.45, 2.75) is 20.0 Å². The van der Waals surface area contributed by atoms with Crippen molar-refractivity contribution >= 4 is 34.4 Å². The molecule has 10 heteroatoms. The molecule has 3 heterocycles. The number of aromatic nitrogens is 4. The Morgan fingerprint density at radius 2 is 1.88 bits per heavy atom. The maximum absolute atomic E-state index is 14.4. The lowest BCUT2D eigenvalue weighted by molar-refractivity contribution is 0.414. The Morgan fingerprint density at radius 3 is 2.56 bits per heavy atom. The molecule has 0 radical (unpaired) electrons. The second kappa shape index (κ2) is 8.32. The van der Waals surface area contributed by atoms with Gasteiger partial charge in [0, 0.05) is 36.4 Å². The van der Waals surface area contributed by atoms with E-state index in [0.29, 0.717) is 24.6 Å². The van der Waals surface area contributed by atoms with Gasteiger partial charge < -0.3 is 14.2 Å². The number of imidazole rings is 1. The van der Waals surface area contributed by atoms with E-state index in [-0.39, 0.29) is 28.7 Å². The quantitative estimate of drug-likeness (QED) is 0.444. The van der Waals surface area contributed by atoms with Crippen LogP contribution in [0.2, 0.25) is 5.02 Å². The van der Waals surface area contributed by atoms with E-state index in [1.165, 1.54) is 22.8 Å². The molecule has 0 N–H and O–H groups in total. The van der Waals surface area contributed by atoms with Crippen LogP contribution in [-0.4, -0.2) is 32.3 Å². The zero-order chi connectivity index (χ0) is 24.1. The van der Waals surface area contributed by atoms with Gasteiger partial charge in [0.1, 0.15) is 11.6 Å². The van der Waals surface area contributed by atoms with Crippen molar-refractivity contribution in [3.8, 4) is 5.75 Å². The van der Waals surface area contributed by atoms with Crippen molar-refractivity contribution in [3.63, 3.8) is 0 Å². The zero-order valence-corrected chi connectivity index (χ0v) is 19.7. The minimum absolute atomic E-state index is 0.0920. The summed E-state index contributed by atoms with van der Waals surface area (Å²) in [6.07, 6.45) is 0. The van der Waals surface area contributed by atoms with Gasteiger partial charge in [-0.15, -0.1) is 0 Å². The number of hydrogen-bond donors (Lipinski definition) is 0. The summed E-state index contributed by atoms with van der Waals surface area (Å²) in [5, 5.41) is 0.156. The first-order chi connectivity index (χ1) is 16.3. The average Bonchev–Trinajstić information content (AvgIpc) is 3.21. The molecule has 0 amide bonds. The molecule has 0 saturated carbocycles. The molecule has 0 bridgehead atoms. The third kappa shape index (κ3) is 3.47. The summed E-state index contributed by atoms with van der Waals surface area (Å²) in [5.74, 6) is 0.945. The van der Waals surface area contributed by atoms with Gasteiger partial charge in [0.2, 0.25) is 5.95 Å². The van der Waals surface area contributed by atoms with Crippen LogP contribution in [0.5, 0.6) is 5.75 Å². The van der Waals surface area contributed by atoms with Gasteiger partial charge in [-0.05, 0) is 42.3 Å². The highest BCUT2D eigenvalue weighted by Gasteiger charge is 2.30. The van der Waals surface area contributed by atoms with Crippen LogP contribution in [0.25, 0.3) is 11.2 Å². The molecule has 0 saturated heterocycles. The average molecular weight is 484 g/mol. The number of benzene rings is 2. The molecule has 0 spiro atoms.